The molecule has 27 heavy (non-hydrogen) atoms. The standard InChI is InChI=1S/C20H38BN3O3/c1-18(2,24-11-8-7-9-12-24)15-22-17(25)23-13-10-16(14-23)21-26-19(3,4)20(5,6)27-21/h16H,7-15H2,1-6H3,(H,22,25). The Hall–Kier alpha value is -0.785. The number of nitrogens with one attached hydrogen (secondary N) is 1. The van der Waals surface area contributed by atoms with E-state index >= 15 is 0 Å². The van der Waals surface area contributed by atoms with E-state index in [4.69, 9.17) is 9.31 Å². The summed E-state index contributed by atoms with van der Waals surface area (Å²) in [5.41, 5.74) is -0.626. The molecule has 3 rings (SSSR count). The van der Waals surface area contributed by atoms with Crippen molar-refractivity contribution in [1.82, 2.24) is 15.1 Å². The van der Waals surface area contributed by atoms with Crippen molar-refractivity contribution in [3.05, 3.63) is 0 Å². The topological polar surface area (TPSA) is 54.0 Å². The number of carbonyl (C=O) groups is 1. The summed E-state index contributed by atoms with van der Waals surface area (Å²) in [6.45, 7) is 17.2. The normalized spacial score (nSPS) is 28.6. The average Bonchev–Trinajstić information content (AvgIpc) is 3.17. The lowest BCUT2D eigenvalue weighted by Gasteiger charge is -2.41. The van der Waals surface area contributed by atoms with Gasteiger partial charge in [-0.25, -0.2) is 4.79 Å². The average molecular weight is 379 g/mol. The number of likely N-dealkylation sites (tertiary alicyclic amines) is 2. The van der Waals surface area contributed by atoms with Gasteiger partial charge in [0.1, 0.15) is 0 Å². The van der Waals surface area contributed by atoms with Crippen molar-refractivity contribution in [2.24, 2.45) is 0 Å². The van der Waals surface area contributed by atoms with Gasteiger partial charge in [-0.3, -0.25) is 4.90 Å². The molecule has 6 nitrogen and oxygen atoms in total. The van der Waals surface area contributed by atoms with E-state index in [0.717, 1.165) is 26.1 Å². The molecular formula is C20H38BN3O3. The molecule has 3 aliphatic rings. The van der Waals surface area contributed by atoms with Gasteiger partial charge in [-0.2, -0.15) is 0 Å². The molecule has 0 bridgehead atoms. The first-order valence-corrected chi connectivity index (χ1v) is 10.7. The molecule has 0 aromatic carbocycles. The van der Waals surface area contributed by atoms with Gasteiger partial charge in [0.05, 0.1) is 11.2 Å². The fraction of sp³-hybridized carbons (Fsp3) is 0.950. The smallest absolute Gasteiger partial charge is 0.403 e. The van der Waals surface area contributed by atoms with Crippen molar-refractivity contribution in [2.75, 3.05) is 32.7 Å². The fourth-order valence-electron chi connectivity index (χ4n) is 4.29. The predicted octanol–water partition coefficient (Wildman–Crippen LogP) is 3.13. The third-order valence-electron chi connectivity index (χ3n) is 7.05. The first-order valence-electron chi connectivity index (χ1n) is 10.7. The minimum atomic E-state index is -0.314. The molecule has 1 unspecified atom stereocenters. The highest BCUT2D eigenvalue weighted by Crippen LogP contribution is 2.42. The Morgan fingerprint density at radius 1 is 1.07 bits per heavy atom. The van der Waals surface area contributed by atoms with Crippen molar-refractivity contribution >= 4 is 13.1 Å². The van der Waals surface area contributed by atoms with Crippen LogP contribution in [0.15, 0.2) is 0 Å². The van der Waals surface area contributed by atoms with Gasteiger partial charge in [0, 0.05) is 31.0 Å². The lowest BCUT2D eigenvalue weighted by molar-refractivity contribution is 0.00578. The van der Waals surface area contributed by atoms with E-state index in [-0.39, 0.29) is 35.7 Å². The van der Waals surface area contributed by atoms with Crippen LogP contribution in [-0.4, -0.2) is 72.4 Å². The second kappa shape index (κ2) is 7.56. The summed E-state index contributed by atoms with van der Waals surface area (Å²) in [5.74, 6) is 0.243. The number of carbonyl (C=O) groups excluding carboxylic acids is 1. The van der Waals surface area contributed by atoms with Gasteiger partial charge in [0.25, 0.3) is 0 Å². The Labute approximate surface area is 165 Å². The van der Waals surface area contributed by atoms with Gasteiger partial charge in [0.15, 0.2) is 0 Å². The van der Waals surface area contributed by atoms with Crippen molar-refractivity contribution < 1.29 is 14.1 Å². The van der Waals surface area contributed by atoms with Crippen LogP contribution in [0.3, 0.4) is 0 Å². The maximum Gasteiger partial charge on any atom is 0.463 e. The van der Waals surface area contributed by atoms with Crippen LogP contribution >= 0.6 is 0 Å². The summed E-state index contributed by atoms with van der Waals surface area (Å²) in [5, 5.41) is 3.17. The van der Waals surface area contributed by atoms with Crippen molar-refractivity contribution in [3.63, 3.8) is 0 Å². The number of piperidine rings is 1. The molecule has 154 valence electrons. The zero-order valence-corrected chi connectivity index (χ0v) is 18.1. The highest BCUT2D eigenvalue weighted by atomic mass is 16.7. The maximum atomic E-state index is 12.7. The first-order chi connectivity index (χ1) is 12.5. The van der Waals surface area contributed by atoms with Gasteiger partial charge in [-0.1, -0.05) is 6.42 Å². The summed E-state index contributed by atoms with van der Waals surface area (Å²) in [7, 11) is -0.224. The van der Waals surface area contributed by atoms with Crippen molar-refractivity contribution in [2.45, 2.75) is 89.8 Å². The van der Waals surface area contributed by atoms with Crippen LogP contribution in [0, 0.1) is 0 Å². The van der Waals surface area contributed by atoms with Crippen LogP contribution in [0.25, 0.3) is 0 Å². The van der Waals surface area contributed by atoms with Crippen LogP contribution in [0.1, 0.15) is 67.2 Å². The molecule has 1 atom stereocenters. The van der Waals surface area contributed by atoms with Crippen LogP contribution in [0.5, 0.6) is 0 Å². The van der Waals surface area contributed by atoms with E-state index in [2.05, 4.69) is 51.8 Å². The lowest BCUT2D eigenvalue weighted by Crippen LogP contribution is -2.54. The van der Waals surface area contributed by atoms with Crippen LogP contribution in [-0.2, 0) is 9.31 Å². The molecule has 3 fully saturated rings. The SMILES string of the molecule is CC(C)(CNC(=O)N1CCC(B2OC(C)(C)C(C)(C)O2)C1)N1CCCCC1. The van der Waals surface area contributed by atoms with E-state index in [9.17, 15) is 4.79 Å². The number of amides is 2. The second-order valence-corrected chi connectivity index (χ2v) is 10.1. The molecule has 3 aliphatic heterocycles. The minimum Gasteiger partial charge on any atom is -0.403 e. The third kappa shape index (κ3) is 4.46. The first kappa shape index (κ1) is 20.9. The van der Waals surface area contributed by atoms with Gasteiger partial charge in [-0.15, -0.1) is 0 Å². The number of hydrogen-bond acceptors (Lipinski definition) is 4. The number of nitrogens with zero attached hydrogens (tertiary/aromatic N) is 2. The quantitative estimate of drug-likeness (QED) is 0.763. The van der Waals surface area contributed by atoms with Gasteiger partial charge >= 0.3 is 13.1 Å². The zero-order valence-electron chi connectivity index (χ0n) is 18.1. The van der Waals surface area contributed by atoms with Crippen LogP contribution in [0.4, 0.5) is 4.79 Å². The molecule has 0 spiro atoms. The predicted molar refractivity (Wildman–Crippen MR) is 109 cm³/mol. The number of hydrogen-bond donors (Lipinski definition) is 1. The Kier molecular flexibility index (Phi) is 5.86. The minimum absolute atomic E-state index is 0.000921. The Balaban J connectivity index is 1.48. The molecule has 0 aromatic rings. The van der Waals surface area contributed by atoms with Crippen LogP contribution in [0.2, 0.25) is 5.82 Å². The largest absolute Gasteiger partial charge is 0.463 e. The van der Waals surface area contributed by atoms with E-state index in [1.165, 1.54) is 19.3 Å². The summed E-state index contributed by atoms with van der Waals surface area (Å²) in [6.07, 6.45) is 4.78. The zero-order chi connectivity index (χ0) is 19.9. The van der Waals surface area contributed by atoms with Gasteiger partial charge < -0.3 is 19.5 Å². The molecule has 7 heteroatoms. The monoisotopic (exact) mass is 379 g/mol. The van der Waals surface area contributed by atoms with Crippen LogP contribution < -0.4 is 5.32 Å². The number of urea groups is 1. The highest BCUT2D eigenvalue weighted by molar-refractivity contribution is 6.47. The van der Waals surface area contributed by atoms with Gasteiger partial charge in [-0.05, 0) is 73.9 Å². The molecule has 3 heterocycles. The Morgan fingerprint density at radius 3 is 2.26 bits per heavy atom. The molecule has 1 N–H and O–H groups in total. The van der Waals surface area contributed by atoms with Crippen molar-refractivity contribution in [3.8, 4) is 0 Å². The summed E-state index contributed by atoms with van der Waals surface area (Å²) < 4.78 is 12.4. The van der Waals surface area contributed by atoms with E-state index in [0.29, 0.717) is 13.1 Å². The molecule has 0 aliphatic carbocycles. The van der Waals surface area contributed by atoms with E-state index < -0.39 is 0 Å². The Morgan fingerprint density at radius 2 is 1.67 bits per heavy atom. The number of rotatable bonds is 4. The maximum absolute atomic E-state index is 12.7. The Bertz CT molecular complexity index is 531. The molecule has 3 saturated heterocycles. The molecule has 0 radical (unpaired) electrons. The molecular weight excluding hydrogens is 341 g/mol. The highest BCUT2D eigenvalue weighted by Gasteiger charge is 2.54. The third-order valence-corrected chi connectivity index (χ3v) is 7.05. The molecule has 2 amide bonds. The fourth-order valence-corrected chi connectivity index (χ4v) is 4.29. The summed E-state index contributed by atoms with van der Waals surface area (Å²) in [6, 6.07) is 0.0408. The van der Waals surface area contributed by atoms with E-state index in [1.54, 1.807) is 0 Å². The lowest BCUT2D eigenvalue weighted by atomic mass is 9.71. The molecule has 0 aromatic heterocycles. The summed E-state index contributed by atoms with van der Waals surface area (Å²) in [4.78, 5) is 17.1. The van der Waals surface area contributed by atoms with Gasteiger partial charge in [0.2, 0.25) is 0 Å². The summed E-state index contributed by atoms with van der Waals surface area (Å²) >= 11 is 0. The molecule has 0 saturated carbocycles. The van der Waals surface area contributed by atoms with Crippen molar-refractivity contribution in [1.29, 1.82) is 0 Å². The second-order valence-electron chi connectivity index (χ2n) is 10.1. The van der Waals surface area contributed by atoms with E-state index in [1.807, 2.05) is 4.90 Å².